The molecule has 0 spiro atoms. The van der Waals surface area contributed by atoms with Crippen molar-refractivity contribution in [3.05, 3.63) is 0 Å². The molecule has 17 heavy (non-hydrogen) atoms. The van der Waals surface area contributed by atoms with Crippen molar-refractivity contribution < 1.29 is 4.79 Å². The smallest absolute Gasteiger partial charge is 0.211 e. The zero-order valence-corrected chi connectivity index (χ0v) is 11.3. The van der Waals surface area contributed by atoms with Crippen LogP contribution in [-0.2, 0) is 4.79 Å². The molecule has 2 heteroatoms. The van der Waals surface area contributed by atoms with Crippen LogP contribution in [0.3, 0.4) is 0 Å². The van der Waals surface area contributed by atoms with Gasteiger partial charge in [-0.1, -0.05) is 27.7 Å². The van der Waals surface area contributed by atoms with Gasteiger partial charge in [0.05, 0.1) is 5.54 Å². The summed E-state index contributed by atoms with van der Waals surface area (Å²) in [6, 6.07) is 0. The summed E-state index contributed by atoms with van der Waals surface area (Å²) in [4.78, 5) is 15.1. The third kappa shape index (κ3) is 0.606. The number of carbonyl (C=O) groups excluding carboxylic acids is 1. The minimum atomic E-state index is -0.0409. The van der Waals surface area contributed by atoms with Gasteiger partial charge in [0, 0.05) is 0 Å². The average Bonchev–Trinajstić information content (AvgIpc) is 2.55. The predicted molar refractivity (Wildman–Crippen MR) is 65.2 cm³/mol. The van der Waals surface area contributed by atoms with E-state index in [1.807, 2.05) is 6.08 Å². The fourth-order valence-corrected chi connectivity index (χ4v) is 7.33. The third-order valence-corrected chi connectivity index (χ3v) is 8.53. The Morgan fingerprint density at radius 3 is 1.82 bits per heavy atom. The molecule has 0 N–H and O–H groups in total. The predicted octanol–water partition coefficient (Wildman–Crippen LogP) is 3.32. The lowest BCUT2D eigenvalue weighted by atomic mass is 9.28. The Kier molecular flexibility index (Phi) is 1.31. The SMILES string of the molecule is CC12CC3CC1(C)C1(C)CC3(N=C=O)CC21C. The van der Waals surface area contributed by atoms with Crippen molar-refractivity contribution in [1.29, 1.82) is 0 Å². The number of aliphatic imine (C=N–C) groups is 1. The first-order valence-electron chi connectivity index (χ1n) is 6.88. The van der Waals surface area contributed by atoms with Crippen LogP contribution in [0.4, 0.5) is 0 Å². The number of nitrogens with zero attached hydrogens (tertiary/aromatic N) is 1. The zero-order valence-electron chi connectivity index (χ0n) is 11.3. The molecule has 0 aromatic heterocycles. The largest absolute Gasteiger partial charge is 0.235 e. The van der Waals surface area contributed by atoms with Gasteiger partial charge in [-0.15, -0.1) is 0 Å². The molecule has 0 saturated heterocycles. The van der Waals surface area contributed by atoms with Gasteiger partial charge < -0.3 is 0 Å². The van der Waals surface area contributed by atoms with Crippen LogP contribution in [0.1, 0.15) is 53.4 Å². The maximum atomic E-state index is 10.8. The van der Waals surface area contributed by atoms with E-state index in [9.17, 15) is 4.79 Å². The molecular weight excluding hydrogens is 210 g/mol. The van der Waals surface area contributed by atoms with Crippen LogP contribution < -0.4 is 0 Å². The molecule has 6 bridgehead atoms. The second kappa shape index (κ2) is 2.16. The molecule has 5 rings (SSSR count). The molecule has 92 valence electrons. The lowest BCUT2D eigenvalue weighted by molar-refractivity contribution is -0.283. The number of rotatable bonds is 1. The molecule has 0 heterocycles. The molecule has 4 atom stereocenters. The van der Waals surface area contributed by atoms with Crippen LogP contribution in [0.2, 0.25) is 0 Å². The molecule has 5 aliphatic rings. The van der Waals surface area contributed by atoms with Crippen molar-refractivity contribution in [2.24, 2.45) is 32.6 Å². The molecule has 0 aromatic carbocycles. The van der Waals surface area contributed by atoms with Gasteiger partial charge in [0.25, 0.3) is 0 Å². The fourth-order valence-electron chi connectivity index (χ4n) is 7.33. The lowest BCUT2D eigenvalue weighted by Crippen LogP contribution is -2.70. The molecule has 5 saturated carbocycles. The minimum Gasteiger partial charge on any atom is -0.211 e. The van der Waals surface area contributed by atoms with E-state index < -0.39 is 0 Å². The van der Waals surface area contributed by atoms with E-state index in [4.69, 9.17) is 0 Å². The Labute approximate surface area is 103 Å². The number of hydrogen-bond acceptors (Lipinski definition) is 2. The van der Waals surface area contributed by atoms with Crippen molar-refractivity contribution in [2.75, 3.05) is 0 Å². The van der Waals surface area contributed by atoms with Crippen molar-refractivity contribution in [2.45, 2.75) is 58.9 Å². The second-order valence-corrected chi connectivity index (χ2v) is 8.09. The van der Waals surface area contributed by atoms with Crippen LogP contribution in [0.25, 0.3) is 0 Å². The summed E-state index contributed by atoms with van der Waals surface area (Å²) < 4.78 is 0. The highest BCUT2D eigenvalue weighted by Crippen LogP contribution is 2.95. The summed E-state index contributed by atoms with van der Waals surface area (Å²) in [6.07, 6.45) is 6.70. The summed E-state index contributed by atoms with van der Waals surface area (Å²) >= 11 is 0. The Balaban J connectivity index is 1.99. The first kappa shape index (κ1) is 10.3. The van der Waals surface area contributed by atoms with Crippen LogP contribution in [0.15, 0.2) is 4.99 Å². The molecule has 4 unspecified atom stereocenters. The fraction of sp³-hybridized carbons (Fsp3) is 0.933. The lowest BCUT2D eigenvalue weighted by Gasteiger charge is -2.76. The van der Waals surface area contributed by atoms with Crippen molar-refractivity contribution in [3.63, 3.8) is 0 Å². The molecule has 0 amide bonds. The van der Waals surface area contributed by atoms with Crippen LogP contribution >= 0.6 is 0 Å². The molecule has 0 radical (unpaired) electrons. The van der Waals surface area contributed by atoms with E-state index >= 15 is 0 Å². The molecule has 5 fully saturated rings. The van der Waals surface area contributed by atoms with Crippen LogP contribution in [-0.4, -0.2) is 11.6 Å². The highest BCUT2D eigenvalue weighted by molar-refractivity contribution is 5.44. The maximum Gasteiger partial charge on any atom is 0.235 e. The number of isocyanates is 1. The van der Waals surface area contributed by atoms with Crippen molar-refractivity contribution in [1.82, 2.24) is 0 Å². The van der Waals surface area contributed by atoms with Crippen LogP contribution in [0.5, 0.6) is 0 Å². The van der Waals surface area contributed by atoms with Crippen molar-refractivity contribution >= 4 is 6.08 Å². The third-order valence-electron chi connectivity index (χ3n) is 8.53. The Morgan fingerprint density at radius 1 is 0.941 bits per heavy atom. The van der Waals surface area contributed by atoms with Crippen molar-refractivity contribution in [3.8, 4) is 0 Å². The molecular formula is C15H21NO. The summed E-state index contributed by atoms with van der Waals surface area (Å²) in [5, 5.41) is 0. The summed E-state index contributed by atoms with van der Waals surface area (Å²) in [7, 11) is 0. The molecule has 0 aromatic rings. The number of hydrogen-bond donors (Lipinski definition) is 0. The van der Waals surface area contributed by atoms with E-state index in [1.54, 1.807) is 0 Å². The van der Waals surface area contributed by atoms with Gasteiger partial charge in [0.2, 0.25) is 6.08 Å². The van der Waals surface area contributed by atoms with E-state index in [2.05, 4.69) is 32.7 Å². The van der Waals surface area contributed by atoms with Gasteiger partial charge >= 0.3 is 0 Å². The van der Waals surface area contributed by atoms with Gasteiger partial charge in [0.15, 0.2) is 0 Å². The van der Waals surface area contributed by atoms with Gasteiger partial charge in [-0.25, -0.2) is 4.79 Å². The van der Waals surface area contributed by atoms with E-state index in [0.717, 1.165) is 12.8 Å². The summed E-state index contributed by atoms with van der Waals surface area (Å²) in [6.45, 7) is 9.90. The zero-order chi connectivity index (χ0) is 12.3. The summed E-state index contributed by atoms with van der Waals surface area (Å²) in [5.74, 6) is 0.641. The molecule has 5 aliphatic carbocycles. The Morgan fingerprint density at radius 2 is 1.41 bits per heavy atom. The minimum absolute atomic E-state index is 0.0409. The van der Waals surface area contributed by atoms with Gasteiger partial charge in [-0.3, -0.25) is 0 Å². The Bertz CT molecular complexity index is 461. The first-order valence-corrected chi connectivity index (χ1v) is 6.88. The topological polar surface area (TPSA) is 29.4 Å². The average molecular weight is 231 g/mol. The monoisotopic (exact) mass is 231 g/mol. The molecule has 2 nitrogen and oxygen atoms in total. The summed E-state index contributed by atoms with van der Waals surface area (Å²) in [5.41, 5.74) is 1.71. The first-order chi connectivity index (χ1) is 7.79. The quantitative estimate of drug-likeness (QED) is 0.503. The van der Waals surface area contributed by atoms with Crippen LogP contribution in [0, 0.1) is 27.6 Å². The highest BCUT2D eigenvalue weighted by atomic mass is 16.1. The second-order valence-electron chi connectivity index (χ2n) is 8.09. The normalized spacial score (nSPS) is 70.0. The maximum absolute atomic E-state index is 10.8. The van der Waals surface area contributed by atoms with Gasteiger partial charge in [-0.05, 0) is 53.3 Å². The molecule has 0 aliphatic heterocycles. The van der Waals surface area contributed by atoms with Gasteiger partial charge in [0.1, 0.15) is 0 Å². The standard InChI is InChI=1S/C15H21NO/c1-11-5-10-6-12(11,2)14(4)8-15(10,16-9-17)7-13(11,14)3/h10H,5-8H2,1-4H3. The van der Waals surface area contributed by atoms with E-state index in [0.29, 0.717) is 27.6 Å². The van der Waals surface area contributed by atoms with Gasteiger partial charge in [-0.2, -0.15) is 4.99 Å². The van der Waals surface area contributed by atoms with E-state index in [1.165, 1.54) is 12.8 Å². The van der Waals surface area contributed by atoms with E-state index in [-0.39, 0.29) is 5.54 Å². The Hall–Kier alpha value is -0.620. The highest BCUT2D eigenvalue weighted by Gasteiger charge is 2.91.